The molecule has 5 heteroatoms. The lowest BCUT2D eigenvalue weighted by Gasteiger charge is -2.17. The number of carbonyl (C=O) groups excluding carboxylic acids is 2. The van der Waals surface area contributed by atoms with Crippen LogP contribution in [0.1, 0.15) is 23.3 Å². The van der Waals surface area contributed by atoms with Crippen molar-refractivity contribution in [1.82, 2.24) is 5.32 Å². The van der Waals surface area contributed by atoms with Crippen LogP contribution in [-0.4, -0.2) is 11.8 Å². The van der Waals surface area contributed by atoms with Crippen molar-refractivity contribution in [3.63, 3.8) is 0 Å². The highest BCUT2D eigenvalue weighted by molar-refractivity contribution is 8.00. The summed E-state index contributed by atoms with van der Waals surface area (Å²) in [5.74, 6) is -0.172. The van der Waals surface area contributed by atoms with Crippen LogP contribution in [-0.2, 0) is 16.1 Å². The zero-order valence-electron chi connectivity index (χ0n) is 15.6. The minimum Gasteiger partial charge on any atom is -0.351 e. The van der Waals surface area contributed by atoms with E-state index in [9.17, 15) is 9.59 Å². The molecule has 4 nitrogen and oxygen atoms in total. The summed E-state index contributed by atoms with van der Waals surface area (Å²) in [6, 6.07) is 27.2. The van der Waals surface area contributed by atoms with Gasteiger partial charge in [-0.15, -0.1) is 11.8 Å². The summed E-state index contributed by atoms with van der Waals surface area (Å²) in [4.78, 5) is 25.2. The van der Waals surface area contributed by atoms with Gasteiger partial charge in [-0.05, 0) is 35.4 Å². The molecule has 0 spiro atoms. The molecule has 1 unspecified atom stereocenters. The molecular formula is C23H22N2O2S. The summed E-state index contributed by atoms with van der Waals surface area (Å²) < 4.78 is 0. The average molecular weight is 391 g/mol. The number of nitrogens with one attached hydrogen (secondary N) is 2. The average Bonchev–Trinajstić information content (AvgIpc) is 2.71. The molecule has 3 aromatic rings. The Labute approximate surface area is 169 Å². The maximum Gasteiger partial charge on any atom is 0.238 e. The second-order valence-corrected chi connectivity index (χ2v) is 7.50. The van der Waals surface area contributed by atoms with E-state index in [1.54, 1.807) is 0 Å². The maximum atomic E-state index is 13.0. The highest BCUT2D eigenvalue weighted by atomic mass is 32.2. The lowest BCUT2D eigenvalue weighted by atomic mass is 10.1. The largest absolute Gasteiger partial charge is 0.351 e. The smallest absolute Gasteiger partial charge is 0.238 e. The second kappa shape index (κ2) is 9.76. The molecule has 3 rings (SSSR count). The van der Waals surface area contributed by atoms with Crippen molar-refractivity contribution >= 4 is 29.3 Å². The molecule has 0 aliphatic heterocycles. The van der Waals surface area contributed by atoms with Gasteiger partial charge in [-0.2, -0.15) is 0 Å². The van der Waals surface area contributed by atoms with Crippen LogP contribution in [0.5, 0.6) is 0 Å². The normalized spacial score (nSPS) is 11.5. The van der Waals surface area contributed by atoms with E-state index in [1.807, 2.05) is 84.9 Å². The third kappa shape index (κ3) is 5.72. The Balaban J connectivity index is 1.72. The monoisotopic (exact) mass is 390 g/mol. The van der Waals surface area contributed by atoms with E-state index in [-0.39, 0.29) is 17.1 Å². The van der Waals surface area contributed by atoms with Crippen LogP contribution >= 0.6 is 11.8 Å². The van der Waals surface area contributed by atoms with Crippen molar-refractivity contribution < 1.29 is 9.59 Å². The molecule has 0 aliphatic carbocycles. The highest BCUT2D eigenvalue weighted by Gasteiger charge is 2.21. The Hall–Kier alpha value is -3.05. The fourth-order valence-electron chi connectivity index (χ4n) is 2.78. The van der Waals surface area contributed by atoms with E-state index in [0.717, 1.165) is 21.7 Å². The molecule has 0 saturated heterocycles. The van der Waals surface area contributed by atoms with Crippen LogP contribution in [0.3, 0.4) is 0 Å². The lowest BCUT2D eigenvalue weighted by Crippen LogP contribution is -2.27. The fraction of sp³-hybridized carbons (Fsp3) is 0.130. The maximum absolute atomic E-state index is 13.0. The number of hydrogen-bond acceptors (Lipinski definition) is 3. The number of thioether (sulfide) groups is 1. The molecule has 0 heterocycles. The van der Waals surface area contributed by atoms with Crippen LogP contribution in [0.15, 0.2) is 89.8 Å². The molecule has 0 bridgehead atoms. The second-order valence-electron chi connectivity index (χ2n) is 6.32. The zero-order valence-corrected chi connectivity index (χ0v) is 16.4. The standard InChI is InChI=1S/C23H22N2O2S/c1-17(26)25-20-12-8-9-18(15-20)16-24-23(27)22(19-10-4-2-5-11-19)28-21-13-6-3-7-14-21/h2-15,22H,16H2,1H3,(H,24,27)(H,25,26). The van der Waals surface area contributed by atoms with Gasteiger partial charge in [0.2, 0.25) is 11.8 Å². The highest BCUT2D eigenvalue weighted by Crippen LogP contribution is 2.35. The summed E-state index contributed by atoms with van der Waals surface area (Å²) >= 11 is 1.53. The molecular weight excluding hydrogens is 368 g/mol. The van der Waals surface area contributed by atoms with Gasteiger partial charge in [-0.25, -0.2) is 0 Å². The Morgan fingerprint density at radius 1 is 0.893 bits per heavy atom. The Morgan fingerprint density at radius 2 is 1.57 bits per heavy atom. The molecule has 1 atom stereocenters. The first kappa shape index (κ1) is 19.7. The summed E-state index contributed by atoms with van der Waals surface area (Å²) in [7, 11) is 0. The van der Waals surface area contributed by atoms with Crippen LogP contribution in [0.25, 0.3) is 0 Å². The first-order chi connectivity index (χ1) is 13.6. The van der Waals surface area contributed by atoms with Crippen molar-refractivity contribution in [3.05, 3.63) is 96.1 Å². The summed E-state index contributed by atoms with van der Waals surface area (Å²) in [6.07, 6.45) is 0. The summed E-state index contributed by atoms with van der Waals surface area (Å²) in [5, 5.41) is 5.44. The van der Waals surface area contributed by atoms with Gasteiger partial charge < -0.3 is 10.6 Å². The fourth-order valence-corrected chi connectivity index (χ4v) is 3.85. The Morgan fingerprint density at radius 3 is 2.25 bits per heavy atom. The number of rotatable bonds is 7. The van der Waals surface area contributed by atoms with Gasteiger partial charge in [0.1, 0.15) is 5.25 Å². The van der Waals surface area contributed by atoms with E-state index < -0.39 is 0 Å². The van der Waals surface area contributed by atoms with Crippen molar-refractivity contribution in [1.29, 1.82) is 0 Å². The van der Waals surface area contributed by atoms with Crippen molar-refractivity contribution in [3.8, 4) is 0 Å². The van der Waals surface area contributed by atoms with E-state index in [0.29, 0.717) is 6.54 Å². The zero-order chi connectivity index (χ0) is 19.8. The number of hydrogen-bond donors (Lipinski definition) is 2. The lowest BCUT2D eigenvalue weighted by molar-refractivity contribution is -0.120. The van der Waals surface area contributed by atoms with Gasteiger partial charge >= 0.3 is 0 Å². The van der Waals surface area contributed by atoms with Gasteiger partial charge in [0.25, 0.3) is 0 Å². The molecule has 3 aromatic carbocycles. The predicted octanol–water partition coefficient (Wildman–Crippen LogP) is 4.79. The first-order valence-electron chi connectivity index (χ1n) is 9.03. The first-order valence-corrected chi connectivity index (χ1v) is 9.90. The van der Waals surface area contributed by atoms with Gasteiger partial charge in [0.15, 0.2) is 0 Å². The number of benzene rings is 3. The molecule has 0 saturated carbocycles. The van der Waals surface area contributed by atoms with E-state index in [1.165, 1.54) is 18.7 Å². The minimum atomic E-state index is -0.345. The van der Waals surface area contributed by atoms with E-state index >= 15 is 0 Å². The van der Waals surface area contributed by atoms with Crippen molar-refractivity contribution in [2.45, 2.75) is 23.6 Å². The number of anilines is 1. The molecule has 0 aromatic heterocycles. The van der Waals surface area contributed by atoms with Gasteiger partial charge in [0, 0.05) is 24.1 Å². The molecule has 2 amide bonds. The third-order valence-corrected chi connectivity index (χ3v) is 5.32. The summed E-state index contributed by atoms with van der Waals surface area (Å²) in [6.45, 7) is 1.87. The molecule has 28 heavy (non-hydrogen) atoms. The molecule has 0 radical (unpaired) electrons. The van der Waals surface area contributed by atoms with E-state index in [4.69, 9.17) is 0 Å². The Kier molecular flexibility index (Phi) is 6.87. The van der Waals surface area contributed by atoms with Crippen molar-refractivity contribution in [2.75, 3.05) is 5.32 Å². The van der Waals surface area contributed by atoms with Gasteiger partial charge in [-0.3, -0.25) is 9.59 Å². The third-order valence-electron chi connectivity index (χ3n) is 4.05. The predicted molar refractivity (Wildman–Crippen MR) is 114 cm³/mol. The van der Waals surface area contributed by atoms with Gasteiger partial charge in [0.05, 0.1) is 0 Å². The van der Waals surface area contributed by atoms with Crippen molar-refractivity contribution in [2.24, 2.45) is 0 Å². The van der Waals surface area contributed by atoms with Crippen LogP contribution in [0.4, 0.5) is 5.69 Å². The number of carbonyl (C=O) groups is 2. The number of amides is 2. The van der Waals surface area contributed by atoms with Crippen LogP contribution in [0, 0.1) is 0 Å². The molecule has 2 N–H and O–H groups in total. The SMILES string of the molecule is CC(=O)Nc1cccc(CNC(=O)C(Sc2ccccc2)c2ccccc2)c1. The molecule has 0 fully saturated rings. The minimum absolute atomic E-state index is 0.0509. The molecule has 142 valence electrons. The molecule has 0 aliphatic rings. The van der Waals surface area contributed by atoms with Crippen LogP contribution in [0.2, 0.25) is 0 Å². The van der Waals surface area contributed by atoms with E-state index in [2.05, 4.69) is 10.6 Å². The van der Waals surface area contributed by atoms with Gasteiger partial charge in [-0.1, -0.05) is 60.7 Å². The summed E-state index contributed by atoms with van der Waals surface area (Å²) in [5.41, 5.74) is 2.61. The van der Waals surface area contributed by atoms with Crippen LogP contribution < -0.4 is 10.6 Å². The quantitative estimate of drug-likeness (QED) is 0.570. The topological polar surface area (TPSA) is 58.2 Å². The Bertz CT molecular complexity index is 930.